The lowest BCUT2D eigenvalue weighted by Gasteiger charge is -2.09. The van der Waals surface area contributed by atoms with E-state index in [9.17, 15) is 0 Å². The van der Waals surface area contributed by atoms with E-state index < -0.39 is 0 Å². The van der Waals surface area contributed by atoms with E-state index in [4.69, 9.17) is 0 Å². The minimum atomic E-state index is 1.28. The average Bonchev–Trinajstić information content (AvgIpc) is 3.26. The highest BCUT2D eigenvalue weighted by Crippen LogP contribution is 2.30. The van der Waals surface area contributed by atoms with E-state index in [0.29, 0.717) is 0 Å². The molecule has 0 nitrogen and oxygen atoms in total. The van der Waals surface area contributed by atoms with Gasteiger partial charge >= 0.3 is 0 Å². The van der Waals surface area contributed by atoms with Crippen molar-refractivity contribution >= 4 is 32.2 Å². The SMILES string of the molecule is Cc1cc2ccccc2s1.Cc1ccc(-c2ccccc2)c2ccccc12.Cc1ccccc1. The Kier molecular flexibility index (Phi) is 7.91. The molecule has 6 rings (SSSR count). The average molecular weight is 459 g/mol. The number of hydrogen-bond donors (Lipinski definition) is 0. The first-order chi connectivity index (χ1) is 16.6. The van der Waals surface area contributed by atoms with Crippen LogP contribution in [-0.4, -0.2) is 0 Å². The third-order valence-corrected chi connectivity index (χ3v) is 6.75. The number of rotatable bonds is 1. The third kappa shape index (κ3) is 6.01. The van der Waals surface area contributed by atoms with Crippen LogP contribution in [0.2, 0.25) is 0 Å². The Labute approximate surface area is 207 Å². The van der Waals surface area contributed by atoms with Crippen LogP contribution in [0.4, 0.5) is 0 Å². The number of fused-ring (bicyclic) bond motifs is 2. The summed E-state index contributed by atoms with van der Waals surface area (Å²) in [5.74, 6) is 0. The predicted molar refractivity (Wildman–Crippen MR) is 152 cm³/mol. The van der Waals surface area contributed by atoms with Crippen LogP contribution in [-0.2, 0) is 0 Å². The minimum Gasteiger partial charge on any atom is -0.141 e. The van der Waals surface area contributed by atoms with E-state index in [1.165, 1.54) is 48.0 Å². The van der Waals surface area contributed by atoms with Gasteiger partial charge in [-0.05, 0) is 65.8 Å². The topological polar surface area (TPSA) is 0 Å². The molecule has 6 aromatic rings. The highest BCUT2D eigenvalue weighted by molar-refractivity contribution is 7.19. The molecule has 168 valence electrons. The van der Waals surface area contributed by atoms with E-state index in [1.54, 1.807) is 0 Å². The molecule has 0 unspecified atom stereocenters. The summed E-state index contributed by atoms with van der Waals surface area (Å²) < 4.78 is 1.39. The molecule has 0 N–H and O–H groups in total. The Morgan fingerprint density at radius 2 is 1.09 bits per heavy atom. The zero-order valence-electron chi connectivity index (χ0n) is 20.0. The van der Waals surface area contributed by atoms with Crippen LogP contribution in [0.1, 0.15) is 16.0 Å². The molecule has 0 radical (unpaired) electrons. The smallest absolute Gasteiger partial charge is 0.0345 e. The second-order valence-electron chi connectivity index (χ2n) is 8.39. The zero-order chi connectivity index (χ0) is 23.8. The summed E-state index contributed by atoms with van der Waals surface area (Å²) in [6.45, 7) is 6.39. The van der Waals surface area contributed by atoms with Gasteiger partial charge < -0.3 is 0 Å². The summed E-state index contributed by atoms with van der Waals surface area (Å²) in [6.07, 6.45) is 0. The van der Waals surface area contributed by atoms with Gasteiger partial charge in [-0.1, -0.05) is 121 Å². The number of thiophene rings is 1. The zero-order valence-corrected chi connectivity index (χ0v) is 20.8. The van der Waals surface area contributed by atoms with Crippen LogP contribution in [0.15, 0.2) is 127 Å². The number of benzene rings is 5. The van der Waals surface area contributed by atoms with Gasteiger partial charge in [0, 0.05) is 9.58 Å². The Hall–Kier alpha value is -3.68. The fourth-order valence-electron chi connectivity index (χ4n) is 3.97. The summed E-state index contributed by atoms with van der Waals surface area (Å²) in [4.78, 5) is 1.39. The number of aryl methyl sites for hydroxylation is 3. The summed E-state index contributed by atoms with van der Waals surface area (Å²) in [5, 5.41) is 4.04. The summed E-state index contributed by atoms with van der Waals surface area (Å²) in [7, 11) is 0. The van der Waals surface area contributed by atoms with Gasteiger partial charge in [-0.2, -0.15) is 0 Å². The molecule has 0 bridgehead atoms. The molecular formula is C33H30S. The molecule has 1 heteroatoms. The van der Waals surface area contributed by atoms with Crippen LogP contribution in [0.5, 0.6) is 0 Å². The number of hydrogen-bond acceptors (Lipinski definition) is 1. The van der Waals surface area contributed by atoms with Crippen molar-refractivity contribution in [2.24, 2.45) is 0 Å². The van der Waals surface area contributed by atoms with Gasteiger partial charge in [0.15, 0.2) is 0 Å². The fourth-order valence-corrected chi connectivity index (χ4v) is 4.89. The maximum absolute atomic E-state index is 2.22. The van der Waals surface area contributed by atoms with Crippen LogP contribution in [0.3, 0.4) is 0 Å². The largest absolute Gasteiger partial charge is 0.141 e. The molecule has 0 aliphatic rings. The molecule has 1 aromatic heterocycles. The van der Waals surface area contributed by atoms with Crippen LogP contribution in [0, 0.1) is 20.8 Å². The van der Waals surface area contributed by atoms with Crippen molar-refractivity contribution in [2.75, 3.05) is 0 Å². The lowest BCUT2D eigenvalue weighted by atomic mass is 9.96. The van der Waals surface area contributed by atoms with E-state index in [1.807, 2.05) is 29.5 Å². The maximum atomic E-state index is 2.22. The van der Waals surface area contributed by atoms with Gasteiger partial charge in [-0.25, -0.2) is 0 Å². The fraction of sp³-hybridized carbons (Fsp3) is 0.0909. The van der Waals surface area contributed by atoms with E-state index >= 15 is 0 Å². The quantitative estimate of drug-likeness (QED) is 0.230. The molecule has 1 heterocycles. The van der Waals surface area contributed by atoms with Gasteiger partial charge in [0.1, 0.15) is 0 Å². The Morgan fingerprint density at radius 1 is 0.500 bits per heavy atom. The predicted octanol–water partition coefficient (Wildman–Crippen LogP) is 10.0. The normalized spacial score (nSPS) is 10.2. The van der Waals surface area contributed by atoms with Crippen LogP contribution in [0.25, 0.3) is 32.0 Å². The Morgan fingerprint density at radius 3 is 1.74 bits per heavy atom. The van der Waals surface area contributed by atoms with E-state index in [-0.39, 0.29) is 0 Å². The molecule has 0 saturated heterocycles. The molecular weight excluding hydrogens is 428 g/mol. The first-order valence-electron chi connectivity index (χ1n) is 11.6. The maximum Gasteiger partial charge on any atom is 0.0345 e. The monoisotopic (exact) mass is 458 g/mol. The van der Waals surface area contributed by atoms with Crippen molar-refractivity contribution in [2.45, 2.75) is 20.8 Å². The Balaban J connectivity index is 0.000000136. The van der Waals surface area contributed by atoms with Crippen molar-refractivity contribution in [1.82, 2.24) is 0 Å². The molecule has 0 aliphatic carbocycles. The first kappa shape index (κ1) is 23.5. The molecule has 5 aromatic carbocycles. The van der Waals surface area contributed by atoms with Crippen LogP contribution < -0.4 is 0 Å². The van der Waals surface area contributed by atoms with Crippen molar-refractivity contribution < 1.29 is 0 Å². The molecule has 0 aliphatic heterocycles. The summed E-state index contributed by atoms with van der Waals surface area (Å²) in [5.41, 5.74) is 5.25. The lowest BCUT2D eigenvalue weighted by molar-refractivity contribution is 1.48. The van der Waals surface area contributed by atoms with Gasteiger partial charge in [0.25, 0.3) is 0 Å². The van der Waals surface area contributed by atoms with Gasteiger partial charge in [0.05, 0.1) is 0 Å². The molecule has 34 heavy (non-hydrogen) atoms. The van der Waals surface area contributed by atoms with Crippen molar-refractivity contribution in [3.8, 4) is 11.1 Å². The molecule has 0 saturated carbocycles. The Bertz CT molecular complexity index is 1430. The van der Waals surface area contributed by atoms with E-state index in [0.717, 1.165) is 0 Å². The molecule has 0 atom stereocenters. The van der Waals surface area contributed by atoms with Crippen molar-refractivity contribution in [1.29, 1.82) is 0 Å². The third-order valence-electron chi connectivity index (χ3n) is 5.72. The van der Waals surface area contributed by atoms with Crippen LogP contribution >= 0.6 is 11.3 Å². The lowest BCUT2D eigenvalue weighted by Crippen LogP contribution is -1.83. The molecule has 0 spiro atoms. The van der Waals surface area contributed by atoms with Gasteiger partial charge in [-0.15, -0.1) is 11.3 Å². The summed E-state index contributed by atoms with van der Waals surface area (Å²) >= 11 is 1.85. The highest BCUT2D eigenvalue weighted by atomic mass is 32.1. The van der Waals surface area contributed by atoms with Gasteiger partial charge in [-0.3, -0.25) is 0 Å². The van der Waals surface area contributed by atoms with Crippen molar-refractivity contribution in [3.63, 3.8) is 0 Å². The standard InChI is InChI=1S/C17H14.C9H8S.C7H8/c1-13-11-12-16(14-7-3-2-4-8-14)17-10-6-5-9-15(13)17;1-7-6-8-4-2-3-5-9(8)10-7;1-7-5-3-2-4-6-7/h2-12H,1H3;2-6H,1H3;2-6H,1H3. The second kappa shape index (κ2) is 11.4. The molecule has 0 fully saturated rings. The molecule has 0 amide bonds. The minimum absolute atomic E-state index is 1.28. The summed E-state index contributed by atoms with van der Waals surface area (Å²) in [6, 6.07) is 44.5. The van der Waals surface area contributed by atoms with E-state index in [2.05, 4.69) is 130 Å². The van der Waals surface area contributed by atoms with Crippen molar-refractivity contribution in [3.05, 3.63) is 143 Å². The highest BCUT2D eigenvalue weighted by Gasteiger charge is 2.04. The second-order valence-corrected chi connectivity index (χ2v) is 9.68. The van der Waals surface area contributed by atoms with Gasteiger partial charge in [0.2, 0.25) is 0 Å². The first-order valence-corrected chi connectivity index (χ1v) is 12.4.